The van der Waals surface area contributed by atoms with Gasteiger partial charge in [-0.15, -0.1) is 0 Å². The molecule has 0 bridgehead atoms. The molecule has 2 saturated heterocycles. The van der Waals surface area contributed by atoms with Crippen LogP contribution in [-0.4, -0.2) is 56.2 Å². The summed E-state index contributed by atoms with van der Waals surface area (Å²) in [4.78, 5) is 11.9. The molecule has 0 spiro atoms. The van der Waals surface area contributed by atoms with Crippen molar-refractivity contribution in [1.82, 2.24) is 9.88 Å². The topological polar surface area (TPSA) is 48.6 Å². The van der Waals surface area contributed by atoms with Crippen LogP contribution in [0.15, 0.2) is 12.1 Å². The zero-order valence-corrected chi connectivity index (χ0v) is 11.7. The number of nitrogens with two attached hydrogens (primary N) is 1. The lowest BCUT2D eigenvalue weighted by Crippen LogP contribution is -2.44. The molecule has 2 aliphatic rings. The quantitative estimate of drug-likeness (QED) is 0.861. The van der Waals surface area contributed by atoms with Crippen molar-refractivity contribution in [2.24, 2.45) is 0 Å². The van der Waals surface area contributed by atoms with Crippen molar-refractivity contribution >= 4 is 17.3 Å². The van der Waals surface area contributed by atoms with Gasteiger partial charge in [0.2, 0.25) is 0 Å². The number of nitrogen functional groups attached to an aromatic ring is 1. The molecule has 3 heterocycles. The Balaban J connectivity index is 1.80. The van der Waals surface area contributed by atoms with Crippen LogP contribution < -0.4 is 15.5 Å². The molecule has 0 aliphatic carbocycles. The number of rotatable bonds is 2. The van der Waals surface area contributed by atoms with Crippen LogP contribution in [0, 0.1) is 0 Å². The summed E-state index contributed by atoms with van der Waals surface area (Å²) >= 11 is 0. The maximum atomic E-state index is 6.06. The number of piperazine rings is 1. The normalized spacial score (nSPS) is 21.1. The van der Waals surface area contributed by atoms with Gasteiger partial charge in [0.25, 0.3) is 0 Å². The predicted octanol–water partition coefficient (Wildman–Crippen LogP) is 1.02. The number of likely N-dealkylation sites (N-methyl/N-ethyl adjacent to an activating group) is 1. The molecule has 1 aromatic heterocycles. The molecule has 0 atom stereocenters. The monoisotopic (exact) mass is 261 g/mol. The Morgan fingerprint density at radius 2 is 1.42 bits per heavy atom. The van der Waals surface area contributed by atoms with Crippen LogP contribution in [0.25, 0.3) is 0 Å². The average Bonchev–Trinajstić information content (AvgIpc) is 2.93. The van der Waals surface area contributed by atoms with Gasteiger partial charge in [0.1, 0.15) is 11.6 Å². The van der Waals surface area contributed by atoms with Crippen LogP contribution in [0.3, 0.4) is 0 Å². The first-order chi connectivity index (χ1) is 9.22. The number of anilines is 3. The van der Waals surface area contributed by atoms with Gasteiger partial charge in [-0.1, -0.05) is 0 Å². The van der Waals surface area contributed by atoms with E-state index in [1.807, 2.05) is 12.1 Å². The molecule has 3 rings (SSSR count). The van der Waals surface area contributed by atoms with Crippen molar-refractivity contribution in [2.45, 2.75) is 12.8 Å². The third-order valence-electron chi connectivity index (χ3n) is 4.08. The predicted molar refractivity (Wildman–Crippen MR) is 79.8 cm³/mol. The molecule has 2 N–H and O–H groups in total. The Morgan fingerprint density at radius 1 is 0.895 bits per heavy atom. The Morgan fingerprint density at radius 3 is 2.00 bits per heavy atom. The van der Waals surface area contributed by atoms with E-state index in [4.69, 9.17) is 10.7 Å². The molecule has 0 radical (unpaired) electrons. The van der Waals surface area contributed by atoms with E-state index in [-0.39, 0.29) is 0 Å². The van der Waals surface area contributed by atoms with Crippen molar-refractivity contribution in [3.8, 4) is 0 Å². The molecule has 1 aromatic rings. The fraction of sp³-hybridized carbons (Fsp3) is 0.643. The van der Waals surface area contributed by atoms with E-state index >= 15 is 0 Å². The Kier molecular flexibility index (Phi) is 3.46. The third kappa shape index (κ3) is 2.76. The van der Waals surface area contributed by atoms with Gasteiger partial charge in [0.05, 0.1) is 0 Å². The highest BCUT2D eigenvalue weighted by molar-refractivity contribution is 5.60. The second-order valence-electron chi connectivity index (χ2n) is 5.60. The molecule has 0 saturated carbocycles. The van der Waals surface area contributed by atoms with Crippen molar-refractivity contribution in [1.29, 1.82) is 0 Å². The van der Waals surface area contributed by atoms with Crippen LogP contribution in [0.1, 0.15) is 12.8 Å². The zero-order valence-electron chi connectivity index (χ0n) is 11.7. The minimum absolute atomic E-state index is 0.825. The van der Waals surface area contributed by atoms with Crippen molar-refractivity contribution in [3.05, 3.63) is 12.1 Å². The Labute approximate surface area is 115 Å². The van der Waals surface area contributed by atoms with Gasteiger partial charge >= 0.3 is 0 Å². The summed E-state index contributed by atoms with van der Waals surface area (Å²) in [6.45, 7) is 6.47. The highest BCUT2D eigenvalue weighted by Gasteiger charge is 2.19. The van der Waals surface area contributed by atoms with Gasteiger partial charge in [-0.2, -0.15) is 0 Å². The van der Waals surface area contributed by atoms with E-state index in [2.05, 4.69) is 21.7 Å². The molecular weight excluding hydrogens is 238 g/mol. The van der Waals surface area contributed by atoms with Gasteiger partial charge in [0, 0.05) is 57.1 Å². The summed E-state index contributed by atoms with van der Waals surface area (Å²) in [5.41, 5.74) is 6.88. The first kappa shape index (κ1) is 12.5. The number of hydrogen-bond acceptors (Lipinski definition) is 5. The molecule has 0 unspecified atom stereocenters. The summed E-state index contributed by atoms with van der Waals surface area (Å²) in [6.07, 6.45) is 2.53. The van der Waals surface area contributed by atoms with Crippen molar-refractivity contribution in [3.63, 3.8) is 0 Å². The second-order valence-corrected chi connectivity index (χ2v) is 5.60. The summed E-state index contributed by atoms with van der Waals surface area (Å²) < 4.78 is 0. The Hall–Kier alpha value is -1.49. The molecule has 19 heavy (non-hydrogen) atoms. The lowest BCUT2D eigenvalue weighted by Gasteiger charge is -2.33. The minimum Gasteiger partial charge on any atom is -0.399 e. The highest BCUT2D eigenvalue weighted by Crippen LogP contribution is 2.25. The smallest absolute Gasteiger partial charge is 0.133 e. The van der Waals surface area contributed by atoms with Crippen LogP contribution in [-0.2, 0) is 0 Å². The van der Waals surface area contributed by atoms with Crippen LogP contribution in [0.2, 0.25) is 0 Å². The largest absolute Gasteiger partial charge is 0.399 e. The van der Waals surface area contributed by atoms with Gasteiger partial charge in [0.15, 0.2) is 0 Å². The molecule has 5 heteroatoms. The second kappa shape index (κ2) is 5.25. The van der Waals surface area contributed by atoms with E-state index < -0.39 is 0 Å². The molecular formula is C14H23N5. The lowest BCUT2D eigenvalue weighted by atomic mass is 10.3. The third-order valence-corrected chi connectivity index (χ3v) is 4.08. The summed E-state index contributed by atoms with van der Waals surface area (Å²) in [5, 5.41) is 0. The maximum Gasteiger partial charge on any atom is 0.133 e. The summed E-state index contributed by atoms with van der Waals surface area (Å²) in [5.74, 6) is 2.08. The first-order valence-corrected chi connectivity index (χ1v) is 7.18. The van der Waals surface area contributed by atoms with Gasteiger partial charge in [-0.3, -0.25) is 0 Å². The van der Waals surface area contributed by atoms with Gasteiger partial charge in [-0.25, -0.2) is 4.98 Å². The molecule has 2 aliphatic heterocycles. The van der Waals surface area contributed by atoms with E-state index in [0.29, 0.717) is 0 Å². The number of pyridine rings is 1. The number of aromatic nitrogens is 1. The standard InChI is InChI=1S/C14H23N5/c1-17-6-8-19(9-7-17)14-11-12(15)10-13(16-14)18-4-2-3-5-18/h10-11H,2-9H2,1H3,(H2,15,16). The van der Waals surface area contributed by atoms with Crippen LogP contribution in [0.5, 0.6) is 0 Å². The van der Waals surface area contributed by atoms with Crippen LogP contribution >= 0.6 is 0 Å². The van der Waals surface area contributed by atoms with E-state index in [1.165, 1.54) is 12.8 Å². The molecule has 104 valence electrons. The van der Waals surface area contributed by atoms with Gasteiger partial charge in [-0.05, 0) is 19.9 Å². The van der Waals surface area contributed by atoms with E-state index in [1.54, 1.807) is 0 Å². The number of hydrogen-bond donors (Lipinski definition) is 1. The van der Waals surface area contributed by atoms with E-state index in [9.17, 15) is 0 Å². The number of nitrogens with zero attached hydrogens (tertiary/aromatic N) is 4. The van der Waals surface area contributed by atoms with Crippen molar-refractivity contribution in [2.75, 3.05) is 61.8 Å². The molecule has 0 amide bonds. The molecule has 2 fully saturated rings. The maximum absolute atomic E-state index is 6.06. The highest BCUT2D eigenvalue weighted by atomic mass is 15.3. The zero-order chi connectivity index (χ0) is 13.2. The van der Waals surface area contributed by atoms with Gasteiger partial charge < -0.3 is 20.4 Å². The molecule has 5 nitrogen and oxygen atoms in total. The summed E-state index contributed by atoms with van der Waals surface area (Å²) in [6, 6.07) is 4.01. The van der Waals surface area contributed by atoms with Crippen LogP contribution in [0.4, 0.5) is 17.3 Å². The fourth-order valence-electron chi connectivity index (χ4n) is 2.83. The average molecular weight is 261 g/mol. The Bertz CT molecular complexity index is 433. The fourth-order valence-corrected chi connectivity index (χ4v) is 2.83. The first-order valence-electron chi connectivity index (χ1n) is 7.18. The summed E-state index contributed by atoms with van der Waals surface area (Å²) in [7, 11) is 2.17. The SMILES string of the molecule is CN1CCN(c2cc(N)cc(N3CCCC3)n2)CC1. The minimum atomic E-state index is 0.825. The van der Waals surface area contributed by atoms with E-state index in [0.717, 1.165) is 56.6 Å². The molecule has 0 aromatic carbocycles. The van der Waals surface area contributed by atoms with Crippen molar-refractivity contribution < 1.29 is 0 Å². The lowest BCUT2D eigenvalue weighted by molar-refractivity contribution is 0.312.